The highest BCUT2D eigenvalue weighted by molar-refractivity contribution is 5.77. The molecule has 1 aromatic carbocycles. The van der Waals surface area contributed by atoms with E-state index in [2.05, 4.69) is 0 Å². The maximum Gasteiger partial charge on any atom is 0.322 e. The fraction of sp³-hybridized carbons (Fsp3) is 0.467. The standard InChI is InChI=1S/C15H21NO4/c1-10(16)14(17)20-11(2)13(15(18)19-3)9-12-7-5-4-6-8-12/h4-8,10-11,13H,9,16H2,1-3H3/t10-,11-,13-/m0/s1. The summed E-state index contributed by atoms with van der Waals surface area (Å²) in [6.45, 7) is 3.21. The molecule has 0 aliphatic carbocycles. The van der Waals surface area contributed by atoms with E-state index in [4.69, 9.17) is 15.2 Å². The molecule has 1 aromatic rings. The third-order valence-corrected chi connectivity index (χ3v) is 3.04. The van der Waals surface area contributed by atoms with Crippen molar-refractivity contribution in [3.05, 3.63) is 35.9 Å². The number of ether oxygens (including phenoxy) is 2. The number of esters is 2. The number of rotatable bonds is 6. The van der Waals surface area contributed by atoms with E-state index in [-0.39, 0.29) is 0 Å². The fourth-order valence-electron chi connectivity index (χ4n) is 1.83. The van der Waals surface area contributed by atoms with Crippen molar-refractivity contribution in [2.24, 2.45) is 11.7 Å². The summed E-state index contributed by atoms with van der Waals surface area (Å²) in [5.41, 5.74) is 6.43. The van der Waals surface area contributed by atoms with Crippen molar-refractivity contribution in [1.29, 1.82) is 0 Å². The van der Waals surface area contributed by atoms with E-state index in [1.165, 1.54) is 7.11 Å². The third-order valence-electron chi connectivity index (χ3n) is 3.04. The molecule has 20 heavy (non-hydrogen) atoms. The highest BCUT2D eigenvalue weighted by Crippen LogP contribution is 2.17. The van der Waals surface area contributed by atoms with Gasteiger partial charge in [0.15, 0.2) is 0 Å². The number of nitrogens with two attached hydrogens (primary N) is 1. The Kier molecular flexibility index (Phi) is 6.18. The minimum Gasteiger partial charge on any atom is -0.469 e. The molecule has 0 unspecified atom stereocenters. The van der Waals surface area contributed by atoms with Crippen LogP contribution in [0.25, 0.3) is 0 Å². The van der Waals surface area contributed by atoms with Gasteiger partial charge in [0.2, 0.25) is 0 Å². The van der Waals surface area contributed by atoms with Crippen LogP contribution in [0.1, 0.15) is 19.4 Å². The Morgan fingerprint density at radius 2 is 1.75 bits per heavy atom. The fourth-order valence-corrected chi connectivity index (χ4v) is 1.83. The Morgan fingerprint density at radius 1 is 1.15 bits per heavy atom. The second kappa shape index (κ2) is 7.65. The van der Waals surface area contributed by atoms with E-state index >= 15 is 0 Å². The number of benzene rings is 1. The number of hydrogen-bond acceptors (Lipinski definition) is 5. The first-order chi connectivity index (χ1) is 9.45. The molecule has 3 atom stereocenters. The van der Waals surface area contributed by atoms with Crippen molar-refractivity contribution in [2.75, 3.05) is 7.11 Å². The largest absolute Gasteiger partial charge is 0.469 e. The van der Waals surface area contributed by atoms with Gasteiger partial charge < -0.3 is 15.2 Å². The average molecular weight is 279 g/mol. The lowest BCUT2D eigenvalue weighted by Gasteiger charge is -2.23. The molecule has 0 aliphatic rings. The van der Waals surface area contributed by atoms with Crippen LogP contribution in [0.4, 0.5) is 0 Å². The topological polar surface area (TPSA) is 78.6 Å². The van der Waals surface area contributed by atoms with Crippen LogP contribution in [-0.2, 0) is 25.5 Å². The Labute approximate surface area is 119 Å². The molecule has 0 amide bonds. The van der Waals surface area contributed by atoms with Crippen molar-refractivity contribution in [3.63, 3.8) is 0 Å². The maximum atomic E-state index is 11.9. The summed E-state index contributed by atoms with van der Waals surface area (Å²) in [6, 6.07) is 8.79. The molecular weight excluding hydrogens is 258 g/mol. The first kappa shape index (κ1) is 16.2. The van der Waals surface area contributed by atoms with Crippen LogP contribution in [0.5, 0.6) is 0 Å². The summed E-state index contributed by atoms with van der Waals surface area (Å²) in [5.74, 6) is -1.48. The molecule has 0 spiro atoms. The zero-order chi connectivity index (χ0) is 15.1. The van der Waals surface area contributed by atoms with Crippen LogP contribution in [0.2, 0.25) is 0 Å². The Hall–Kier alpha value is -1.88. The molecule has 0 saturated carbocycles. The van der Waals surface area contributed by atoms with Crippen molar-refractivity contribution in [3.8, 4) is 0 Å². The van der Waals surface area contributed by atoms with Gasteiger partial charge in [-0.2, -0.15) is 0 Å². The van der Waals surface area contributed by atoms with Crippen LogP contribution < -0.4 is 5.73 Å². The first-order valence-electron chi connectivity index (χ1n) is 6.53. The zero-order valence-corrected chi connectivity index (χ0v) is 12.0. The molecule has 2 N–H and O–H groups in total. The molecule has 0 aromatic heterocycles. The van der Waals surface area contributed by atoms with Gasteiger partial charge >= 0.3 is 11.9 Å². The average Bonchev–Trinajstić information content (AvgIpc) is 2.44. The molecule has 0 aliphatic heterocycles. The Bertz CT molecular complexity index is 444. The van der Waals surface area contributed by atoms with Gasteiger partial charge in [0.05, 0.1) is 13.0 Å². The molecular formula is C15H21NO4. The minimum absolute atomic E-state index is 0.404. The Balaban J connectivity index is 2.79. The summed E-state index contributed by atoms with van der Waals surface area (Å²) in [7, 11) is 1.32. The summed E-state index contributed by atoms with van der Waals surface area (Å²) >= 11 is 0. The highest BCUT2D eigenvalue weighted by atomic mass is 16.6. The third kappa shape index (κ3) is 4.66. The number of hydrogen-bond donors (Lipinski definition) is 1. The van der Waals surface area contributed by atoms with E-state index < -0.39 is 30.0 Å². The normalized spacial score (nSPS) is 15.0. The van der Waals surface area contributed by atoms with Crippen LogP contribution in [-0.4, -0.2) is 31.2 Å². The van der Waals surface area contributed by atoms with Crippen molar-refractivity contribution >= 4 is 11.9 Å². The first-order valence-corrected chi connectivity index (χ1v) is 6.53. The predicted molar refractivity (Wildman–Crippen MR) is 74.9 cm³/mol. The molecule has 0 fully saturated rings. The molecule has 5 heteroatoms. The van der Waals surface area contributed by atoms with Gasteiger partial charge in [-0.1, -0.05) is 30.3 Å². The second-order valence-electron chi connectivity index (χ2n) is 4.75. The summed E-state index contributed by atoms with van der Waals surface area (Å²) in [4.78, 5) is 23.4. The van der Waals surface area contributed by atoms with E-state index in [9.17, 15) is 9.59 Å². The zero-order valence-electron chi connectivity index (χ0n) is 12.0. The molecule has 0 bridgehead atoms. The lowest BCUT2D eigenvalue weighted by Crippen LogP contribution is -2.37. The van der Waals surface area contributed by atoms with Crippen LogP contribution in [0.15, 0.2) is 30.3 Å². The second-order valence-corrected chi connectivity index (χ2v) is 4.75. The van der Waals surface area contributed by atoms with Gasteiger partial charge in [-0.25, -0.2) is 0 Å². The van der Waals surface area contributed by atoms with Gasteiger partial charge in [0.25, 0.3) is 0 Å². The summed E-state index contributed by atoms with van der Waals surface area (Å²) < 4.78 is 9.99. The van der Waals surface area contributed by atoms with E-state index in [1.54, 1.807) is 13.8 Å². The van der Waals surface area contributed by atoms with Gasteiger partial charge in [-0.3, -0.25) is 9.59 Å². The lowest BCUT2D eigenvalue weighted by molar-refractivity contribution is -0.159. The molecule has 0 saturated heterocycles. The number of methoxy groups -OCH3 is 1. The lowest BCUT2D eigenvalue weighted by atomic mass is 9.94. The van der Waals surface area contributed by atoms with Crippen LogP contribution >= 0.6 is 0 Å². The van der Waals surface area contributed by atoms with E-state index in [0.717, 1.165) is 5.56 Å². The predicted octanol–water partition coefficient (Wildman–Crippen LogP) is 1.30. The van der Waals surface area contributed by atoms with Crippen molar-refractivity contribution in [1.82, 2.24) is 0 Å². The quantitative estimate of drug-likeness (QED) is 0.794. The summed E-state index contributed by atoms with van der Waals surface area (Å²) in [6.07, 6.45) is -0.151. The van der Waals surface area contributed by atoms with Gasteiger partial charge in [-0.15, -0.1) is 0 Å². The van der Waals surface area contributed by atoms with E-state index in [1.807, 2.05) is 30.3 Å². The smallest absolute Gasteiger partial charge is 0.322 e. The monoisotopic (exact) mass is 279 g/mol. The van der Waals surface area contributed by atoms with Crippen LogP contribution in [0, 0.1) is 5.92 Å². The molecule has 110 valence electrons. The van der Waals surface area contributed by atoms with Crippen molar-refractivity contribution in [2.45, 2.75) is 32.4 Å². The number of carbonyl (C=O) groups is 2. The Morgan fingerprint density at radius 3 is 2.25 bits per heavy atom. The molecule has 5 nitrogen and oxygen atoms in total. The molecule has 1 rings (SSSR count). The van der Waals surface area contributed by atoms with E-state index in [0.29, 0.717) is 6.42 Å². The van der Waals surface area contributed by atoms with Crippen molar-refractivity contribution < 1.29 is 19.1 Å². The van der Waals surface area contributed by atoms with Crippen LogP contribution in [0.3, 0.4) is 0 Å². The van der Waals surface area contributed by atoms with Gasteiger partial charge in [-0.05, 0) is 25.8 Å². The van der Waals surface area contributed by atoms with Gasteiger partial charge in [0, 0.05) is 0 Å². The maximum absolute atomic E-state index is 11.9. The molecule has 0 radical (unpaired) electrons. The minimum atomic E-state index is -0.715. The highest BCUT2D eigenvalue weighted by Gasteiger charge is 2.29. The molecule has 0 heterocycles. The number of carbonyl (C=O) groups excluding carboxylic acids is 2. The summed E-state index contributed by atoms with van der Waals surface area (Å²) in [5, 5.41) is 0. The van der Waals surface area contributed by atoms with Gasteiger partial charge in [0.1, 0.15) is 12.1 Å². The SMILES string of the molecule is COC(=O)[C@@H](Cc1ccccc1)[C@H](C)OC(=O)[C@H](C)N.